The monoisotopic (exact) mass is 318 g/mol. The molecule has 0 bridgehead atoms. The van der Waals surface area contributed by atoms with Crippen LogP contribution in [0.2, 0.25) is 0 Å². The number of urea groups is 1. The largest absolute Gasteiger partial charge is 0.334 e. The minimum absolute atomic E-state index is 0.0902. The summed E-state index contributed by atoms with van der Waals surface area (Å²) >= 11 is 0. The van der Waals surface area contributed by atoms with Crippen LogP contribution in [0.15, 0.2) is 42.5 Å². The van der Waals surface area contributed by atoms with E-state index in [0.717, 1.165) is 23.8 Å². The zero-order valence-electron chi connectivity index (χ0n) is 13.4. The molecule has 0 fully saturated rings. The van der Waals surface area contributed by atoms with Crippen LogP contribution >= 0.6 is 0 Å². The number of rotatable bonds is 3. The Morgan fingerprint density at radius 3 is 2.48 bits per heavy atom. The van der Waals surface area contributed by atoms with Gasteiger partial charge in [0.15, 0.2) is 0 Å². The number of hydrogen-bond acceptors (Lipinski definition) is 1. The van der Waals surface area contributed by atoms with Crippen LogP contribution < -0.4 is 10.6 Å². The molecule has 0 aliphatic heterocycles. The Morgan fingerprint density at radius 2 is 1.78 bits per heavy atom. The van der Waals surface area contributed by atoms with E-state index < -0.39 is 17.7 Å². The first-order chi connectivity index (χ1) is 10.8. The van der Waals surface area contributed by atoms with Gasteiger partial charge in [0.25, 0.3) is 0 Å². The van der Waals surface area contributed by atoms with E-state index >= 15 is 0 Å². The summed E-state index contributed by atoms with van der Waals surface area (Å²) in [5.74, 6) is -1.09. The van der Waals surface area contributed by atoms with Crippen molar-refractivity contribution in [3.05, 3.63) is 65.2 Å². The first kappa shape index (κ1) is 16.9. The highest BCUT2D eigenvalue weighted by atomic mass is 19.1. The SMILES string of the molecule is CC(C)(C)c1ccccc1NC(=O)NCc1cc(F)ccc1F. The molecule has 2 amide bonds. The first-order valence-electron chi connectivity index (χ1n) is 7.35. The van der Waals surface area contributed by atoms with E-state index in [9.17, 15) is 13.6 Å². The normalized spacial score (nSPS) is 11.2. The lowest BCUT2D eigenvalue weighted by Crippen LogP contribution is -2.29. The Kier molecular flexibility index (Phi) is 4.98. The van der Waals surface area contributed by atoms with Crippen molar-refractivity contribution in [2.45, 2.75) is 32.7 Å². The van der Waals surface area contributed by atoms with Crippen LogP contribution in [0.5, 0.6) is 0 Å². The Hall–Kier alpha value is -2.43. The summed E-state index contributed by atoms with van der Waals surface area (Å²) in [5.41, 5.74) is 1.66. The molecule has 3 nitrogen and oxygen atoms in total. The molecule has 0 aliphatic rings. The second kappa shape index (κ2) is 6.77. The second-order valence-electron chi connectivity index (χ2n) is 6.34. The maximum atomic E-state index is 13.5. The van der Waals surface area contributed by atoms with Gasteiger partial charge in [-0.05, 0) is 35.2 Å². The fourth-order valence-corrected chi connectivity index (χ4v) is 2.27. The van der Waals surface area contributed by atoms with Crippen molar-refractivity contribution in [1.29, 1.82) is 0 Å². The lowest BCUT2D eigenvalue weighted by molar-refractivity contribution is 0.251. The third kappa shape index (κ3) is 4.52. The van der Waals surface area contributed by atoms with Gasteiger partial charge in [0.05, 0.1) is 0 Å². The molecule has 0 radical (unpaired) electrons. The first-order valence-corrected chi connectivity index (χ1v) is 7.35. The number of anilines is 1. The molecular weight excluding hydrogens is 298 g/mol. The molecule has 0 aliphatic carbocycles. The van der Waals surface area contributed by atoms with Crippen LogP contribution in [0.3, 0.4) is 0 Å². The fraction of sp³-hybridized carbons (Fsp3) is 0.278. The standard InChI is InChI=1S/C18H20F2N2O/c1-18(2,3)14-6-4-5-7-16(14)22-17(23)21-11-12-10-13(19)8-9-15(12)20/h4-10H,11H2,1-3H3,(H2,21,22,23). The van der Waals surface area contributed by atoms with E-state index in [2.05, 4.69) is 10.6 Å². The molecule has 0 heterocycles. The molecule has 0 aromatic heterocycles. The van der Waals surface area contributed by atoms with Crippen molar-refractivity contribution < 1.29 is 13.6 Å². The van der Waals surface area contributed by atoms with Gasteiger partial charge in [-0.15, -0.1) is 0 Å². The van der Waals surface area contributed by atoms with Crippen molar-refractivity contribution in [3.8, 4) is 0 Å². The third-order valence-electron chi connectivity index (χ3n) is 3.43. The average molecular weight is 318 g/mol. The highest BCUT2D eigenvalue weighted by molar-refractivity contribution is 5.90. The molecular formula is C18H20F2N2O. The highest BCUT2D eigenvalue weighted by Gasteiger charge is 2.18. The molecule has 0 unspecified atom stereocenters. The molecule has 0 saturated carbocycles. The second-order valence-corrected chi connectivity index (χ2v) is 6.34. The Labute approximate surface area is 134 Å². The van der Waals surface area contributed by atoms with Gasteiger partial charge in [-0.3, -0.25) is 0 Å². The maximum Gasteiger partial charge on any atom is 0.319 e. The van der Waals surface area contributed by atoms with Gasteiger partial charge in [-0.2, -0.15) is 0 Å². The quantitative estimate of drug-likeness (QED) is 0.854. The number of para-hydroxylation sites is 1. The molecule has 0 spiro atoms. The summed E-state index contributed by atoms with van der Waals surface area (Å²) in [6, 6.07) is 10.2. The van der Waals surface area contributed by atoms with E-state index in [1.807, 2.05) is 45.0 Å². The van der Waals surface area contributed by atoms with Crippen molar-refractivity contribution in [1.82, 2.24) is 5.32 Å². The van der Waals surface area contributed by atoms with Crippen molar-refractivity contribution in [2.24, 2.45) is 0 Å². The molecule has 0 saturated heterocycles. The van der Waals surface area contributed by atoms with E-state index in [0.29, 0.717) is 5.69 Å². The number of halogens is 2. The minimum Gasteiger partial charge on any atom is -0.334 e. The zero-order chi connectivity index (χ0) is 17.0. The van der Waals surface area contributed by atoms with Crippen molar-refractivity contribution >= 4 is 11.7 Å². The number of hydrogen-bond donors (Lipinski definition) is 2. The van der Waals surface area contributed by atoms with Crippen LogP contribution in [0.25, 0.3) is 0 Å². The lowest BCUT2D eigenvalue weighted by atomic mass is 9.86. The predicted molar refractivity (Wildman–Crippen MR) is 87.4 cm³/mol. The van der Waals surface area contributed by atoms with Gasteiger partial charge in [0.1, 0.15) is 11.6 Å². The smallest absolute Gasteiger partial charge is 0.319 e. The summed E-state index contributed by atoms with van der Waals surface area (Å²) < 4.78 is 26.6. The van der Waals surface area contributed by atoms with Gasteiger partial charge >= 0.3 is 6.03 Å². The predicted octanol–water partition coefficient (Wildman–Crippen LogP) is 4.58. The van der Waals surface area contributed by atoms with Crippen LogP contribution in [-0.4, -0.2) is 6.03 Å². The van der Waals surface area contributed by atoms with Gasteiger partial charge in [0.2, 0.25) is 0 Å². The summed E-state index contributed by atoms with van der Waals surface area (Å²) in [7, 11) is 0. The molecule has 2 aromatic carbocycles. The Balaban J connectivity index is 2.05. The number of carbonyl (C=O) groups excluding carboxylic acids is 1. The molecule has 2 aromatic rings. The highest BCUT2D eigenvalue weighted by Crippen LogP contribution is 2.29. The van der Waals surface area contributed by atoms with E-state index in [1.54, 1.807) is 0 Å². The van der Waals surface area contributed by atoms with Gasteiger partial charge in [0, 0.05) is 17.8 Å². The molecule has 5 heteroatoms. The van der Waals surface area contributed by atoms with Crippen LogP contribution in [-0.2, 0) is 12.0 Å². The van der Waals surface area contributed by atoms with Gasteiger partial charge in [-0.25, -0.2) is 13.6 Å². The minimum atomic E-state index is -0.554. The van der Waals surface area contributed by atoms with E-state index in [-0.39, 0.29) is 17.5 Å². The van der Waals surface area contributed by atoms with E-state index in [1.165, 1.54) is 0 Å². The average Bonchev–Trinajstić information content (AvgIpc) is 2.47. The summed E-state index contributed by atoms with van der Waals surface area (Å²) in [5, 5.41) is 5.29. The van der Waals surface area contributed by atoms with Crippen molar-refractivity contribution in [2.75, 3.05) is 5.32 Å². The number of benzene rings is 2. The Morgan fingerprint density at radius 1 is 1.09 bits per heavy atom. The van der Waals surface area contributed by atoms with Crippen LogP contribution in [0, 0.1) is 11.6 Å². The third-order valence-corrected chi connectivity index (χ3v) is 3.43. The summed E-state index contributed by atoms with van der Waals surface area (Å²) in [4.78, 5) is 12.0. The van der Waals surface area contributed by atoms with Crippen molar-refractivity contribution in [3.63, 3.8) is 0 Å². The fourth-order valence-electron chi connectivity index (χ4n) is 2.27. The number of nitrogens with one attached hydrogen (secondary N) is 2. The van der Waals surface area contributed by atoms with E-state index in [4.69, 9.17) is 0 Å². The topological polar surface area (TPSA) is 41.1 Å². The molecule has 0 atom stereocenters. The molecule has 23 heavy (non-hydrogen) atoms. The molecule has 2 rings (SSSR count). The molecule has 122 valence electrons. The number of carbonyl (C=O) groups is 1. The van der Waals surface area contributed by atoms with Crippen LogP contribution in [0.1, 0.15) is 31.9 Å². The van der Waals surface area contributed by atoms with Gasteiger partial charge in [-0.1, -0.05) is 39.0 Å². The maximum absolute atomic E-state index is 13.5. The lowest BCUT2D eigenvalue weighted by Gasteiger charge is -2.23. The summed E-state index contributed by atoms with van der Waals surface area (Å²) in [6.45, 7) is 6.06. The zero-order valence-corrected chi connectivity index (χ0v) is 13.4. The van der Waals surface area contributed by atoms with Gasteiger partial charge < -0.3 is 10.6 Å². The summed E-state index contributed by atoms with van der Waals surface area (Å²) in [6.07, 6.45) is 0. The molecule has 2 N–H and O–H groups in total. The van der Waals surface area contributed by atoms with Crippen LogP contribution in [0.4, 0.5) is 19.3 Å². The number of amides is 2. The Bertz CT molecular complexity index is 708.